The molecule has 2 fully saturated rings. The van der Waals surface area contributed by atoms with E-state index in [0.717, 1.165) is 39.0 Å². The maximum atomic E-state index is 12.2. The first-order valence-electron chi connectivity index (χ1n) is 7.06. The highest BCUT2D eigenvalue weighted by molar-refractivity contribution is 5.81. The number of carbonyl (C=O) groups is 1. The van der Waals surface area contributed by atoms with Crippen molar-refractivity contribution in [2.75, 3.05) is 32.8 Å². The lowest BCUT2D eigenvalue weighted by molar-refractivity contribution is -0.139. The average molecular weight is 255 g/mol. The molecule has 104 valence electrons. The maximum absolute atomic E-state index is 12.2. The number of hydrogen-bond donors (Lipinski definition) is 2. The number of amides is 1. The van der Waals surface area contributed by atoms with Crippen molar-refractivity contribution in [3.8, 4) is 0 Å². The largest absolute Gasteiger partial charge is 0.366 e. The van der Waals surface area contributed by atoms with Crippen molar-refractivity contribution in [1.82, 2.24) is 15.5 Å². The molecule has 2 aliphatic rings. The van der Waals surface area contributed by atoms with Gasteiger partial charge in [0.1, 0.15) is 6.10 Å². The van der Waals surface area contributed by atoms with Gasteiger partial charge in [-0.15, -0.1) is 0 Å². The van der Waals surface area contributed by atoms with E-state index in [9.17, 15) is 4.79 Å². The van der Waals surface area contributed by atoms with Crippen LogP contribution in [0.15, 0.2) is 0 Å². The van der Waals surface area contributed by atoms with Gasteiger partial charge in [0.25, 0.3) is 5.91 Å². The van der Waals surface area contributed by atoms with Crippen LogP contribution in [0.4, 0.5) is 0 Å². The molecule has 2 heterocycles. The summed E-state index contributed by atoms with van der Waals surface area (Å²) in [4.78, 5) is 14.4. The fourth-order valence-corrected chi connectivity index (χ4v) is 2.71. The molecular formula is C13H25N3O2. The van der Waals surface area contributed by atoms with Crippen molar-refractivity contribution in [2.45, 2.75) is 44.9 Å². The Hall–Kier alpha value is -0.650. The SMILES string of the molecule is CCN1CCOC(C(=O)NC2CCNC(C)C2)C1. The standard InChI is InChI=1S/C13H25N3O2/c1-3-16-6-7-18-12(9-16)13(17)15-11-4-5-14-10(2)8-11/h10-12,14H,3-9H2,1-2H3,(H,15,17). The minimum atomic E-state index is -0.288. The molecule has 2 rings (SSSR count). The predicted octanol–water partition coefficient (Wildman–Crippen LogP) is -0.0362. The molecule has 3 atom stereocenters. The van der Waals surface area contributed by atoms with E-state index in [1.165, 1.54) is 0 Å². The van der Waals surface area contributed by atoms with Crippen LogP contribution in [0.2, 0.25) is 0 Å². The van der Waals surface area contributed by atoms with Crippen LogP contribution >= 0.6 is 0 Å². The van der Waals surface area contributed by atoms with Crippen LogP contribution in [0.5, 0.6) is 0 Å². The molecule has 2 N–H and O–H groups in total. The summed E-state index contributed by atoms with van der Waals surface area (Å²) in [6, 6.07) is 0.790. The zero-order valence-corrected chi connectivity index (χ0v) is 11.4. The zero-order chi connectivity index (χ0) is 13.0. The number of nitrogens with zero attached hydrogens (tertiary/aromatic N) is 1. The highest BCUT2D eigenvalue weighted by atomic mass is 16.5. The molecule has 5 heteroatoms. The molecule has 0 aromatic rings. The minimum Gasteiger partial charge on any atom is -0.366 e. The normalized spacial score (nSPS) is 34.2. The number of hydrogen-bond acceptors (Lipinski definition) is 4. The first kappa shape index (κ1) is 13.8. The van der Waals surface area contributed by atoms with Gasteiger partial charge < -0.3 is 15.4 Å². The summed E-state index contributed by atoms with van der Waals surface area (Å²) in [5.41, 5.74) is 0. The molecule has 0 aromatic heterocycles. The van der Waals surface area contributed by atoms with Crippen LogP contribution in [-0.2, 0) is 9.53 Å². The molecule has 2 aliphatic heterocycles. The summed E-state index contributed by atoms with van der Waals surface area (Å²) >= 11 is 0. The second-order valence-corrected chi connectivity index (χ2v) is 5.34. The summed E-state index contributed by atoms with van der Waals surface area (Å²) in [5.74, 6) is 0.0623. The van der Waals surface area contributed by atoms with Gasteiger partial charge in [0.05, 0.1) is 6.61 Å². The predicted molar refractivity (Wildman–Crippen MR) is 70.5 cm³/mol. The number of ether oxygens (including phenoxy) is 1. The highest BCUT2D eigenvalue weighted by Gasteiger charge is 2.28. The third-order valence-electron chi connectivity index (χ3n) is 3.86. The molecule has 3 unspecified atom stereocenters. The quantitative estimate of drug-likeness (QED) is 0.743. The molecule has 0 aliphatic carbocycles. The summed E-state index contributed by atoms with van der Waals surface area (Å²) in [7, 11) is 0. The number of piperidine rings is 1. The van der Waals surface area contributed by atoms with Gasteiger partial charge >= 0.3 is 0 Å². The van der Waals surface area contributed by atoms with E-state index in [1.807, 2.05) is 0 Å². The van der Waals surface area contributed by atoms with Crippen molar-refractivity contribution >= 4 is 5.91 Å². The van der Waals surface area contributed by atoms with Crippen LogP contribution < -0.4 is 10.6 Å². The third kappa shape index (κ3) is 3.67. The molecular weight excluding hydrogens is 230 g/mol. The van der Waals surface area contributed by atoms with E-state index in [1.54, 1.807) is 0 Å². The summed E-state index contributed by atoms with van der Waals surface area (Å²) < 4.78 is 5.57. The average Bonchev–Trinajstić information content (AvgIpc) is 2.39. The van der Waals surface area contributed by atoms with E-state index in [2.05, 4.69) is 29.4 Å². The Kier molecular flexibility index (Phi) is 4.97. The lowest BCUT2D eigenvalue weighted by Crippen LogP contribution is -2.54. The maximum Gasteiger partial charge on any atom is 0.250 e. The highest BCUT2D eigenvalue weighted by Crippen LogP contribution is 2.10. The Morgan fingerprint density at radius 2 is 2.39 bits per heavy atom. The van der Waals surface area contributed by atoms with Crippen molar-refractivity contribution in [3.63, 3.8) is 0 Å². The van der Waals surface area contributed by atoms with Crippen molar-refractivity contribution in [3.05, 3.63) is 0 Å². The molecule has 0 spiro atoms. The zero-order valence-electron chi connectivity index (χ0n) is 11.4. The van der Waals surface area contributed by atoms with Gasteiger partial charge in [0.15, 0.2) is 0 Å². The van der Waals surface area contributed by atoms with Gasteiger partial charge in [0.2, 0.25) is 0 Å². The van der Waals surface area contributed by atoms with Gasteiger partial charge in [-0.25, -0.2) is 0 Å². The molecule has 5 nitrogen and oxygen atoms in total. The second kappa shape index (κ2) is 6.50. The lowest BCUT2D eigenvalue weighted by atomic mass is 10.0. The monoisotopic (exact) mass is 255 g/mol. The van der Waals surface area contributed by atoms with Crippen LogP contribution in [0.1, 0.15) is 26.7 Å². The number of carbonyl (C=O) groups excluding carboxylic acids is 1. The molecule has 0 bridgehead atoms. The Morgan fingerprint density at radius 3 is 3.11 bits per heavy atom. The Morgan fingerprint density at radius 1 is 1.56 bits per heavy atom. The number of likely N-dealkylation sites (N-methyl/N-ethyl adjacent to an activating group) is 1. The van der Waals surface area contributed by atoms with Gasteiger partial charge in [0, 0.05) is 25.2 Å². The molecule has 1 amide bonds. The summed E-state index contributed by atoms with van der Waals surface area (Å²) in [6.07, 6.45) is 1.74. The topological polar surface area (TPSA) is 53.6 Å². The fraction of sp³-hybridized carbons (Fsp3) is 0.923. The number of nitrogens with one attached hydrogen (secondary N) is 2. The first-order chi connectivity index (χ1) is 8.69. The molecule has 0 aromatic carbocycles. The Labute approximate surface area is 109 Å². The van der Waals surface area contributed by atoms with Crippen LogP contribution in [0.3, 0.4) is 0 Å². The Balaban J connectivity index is 1.79. The van der Waals surface area contributed by atoms with Gasteiger partial charge in [-0.3, -0.25) is 9.69 Å². The molecule has 0 radical (unpaired) electrons. The van der Waals surface area contributed by atoms with Crippen LogP contribution in [0, 0.1) is 0 Å². The third-order valence-corrected chi connectivity index (χ3v) is 3.86. The molecule has 0 saturated carbocycles. The summed E-state index contributed by atoms with van der Waals surface area (Å²) in [6.45, 7) is 8.57. The fourth-order valence-electron chi connectivity index (χ4n) is 2.71. The van der Waals surface area contributed by atoms with E-state index in [4.69, 9.17) is 4.74 Å². The minimum absolute atomic E-state index is 0.0623. The second-order valence-electron chi connectivity index (χ2n) is 5.34. The van der Waals surface area contributed by atoms with Gasteiger partial charge in [-0.05, 0) is 32.9 Å². The van der Waals surface area contributed by atoms with Gasteiger partial charge in [-0.2, -0.15) is 0 Å². The van der Waals surface area contributed by atoms with E-state index < -0.39 is 0 Å². The first-order valence-corrected chi connectivity index (χ1v) is 7.06. The Bertz CT molecular complexity index is 285. The molecule has 18 heavy (non-hydrogen) atoms. The van der Waals surface area contributed by atoms with E-state index in [0.29, 0.717) is 18.7 Å². The van der Waals surface area contributed by atoms with E-state index in [-0.39, 0.29) is 12.0 Å². The van der Waals surface area contributed by atoms with Crippen LogP contribution in [-0.4, -0.2) is 61.8 Å². The van der Waals surface area contributed by atoms with Gasteiger partial charge in [-0.1, -0.05) is 6.92 Å². The smallest absolute Gasteiger partial charge is 0.250 e. The van der Waals surface area contributed by atoms with Crippen molar-refractivity contribution in [1.29, 1.82) is 0 Å². The van der Waals surface area contributed by atoms with Crippen molar-refractivity contribution < 1.29 is 9.53 Å². The molecule has 2 saturated heterocycles. The number of rotatable bonds is 3. The van der Waals surface area contributed by atoms with Crippen molar-refractivity contribution in [2.24, 2.45) is 0 Å². The lowest BCUT2D eigenvalue weighted by Gasteiger charge is -2.34. The van der Waals surface area contributed by atoms with Crippen LogP contribution in [0.25, 0.3) is 0 Å². The number of morpholine rings is 1. The summed E-state index contributed by atoms with van der Waals surface area (Å²) in [5, 5.41) is 6.52. The van der Waals surface area contributed by atoms with E-state index >= 15 is 0 Å².